The van der Waals surface area contributed by atoms with Gasteiger partial charge in [0.25, 0.3) is 0 Å². The number of carbonyl (C=O) groups is 1. The van der Waals surface area contributed by atoms with Gasteiger partial charge in [-0.25, -0.2) is 4.79 Å². The minimum absolute atomic E-state index is 0.106. The lowest BCUT2D eigenvalue weighted by Gasteiger charge is -2.10. The smallest absolute Gasteiger partial charge is 0.337 e. The number of aliphatic hydroxyl groups is 1. The summed E-state index contributed by atoms with van der Waals surface area (Å²) in [6.45, 7) is 4.73. The molecule has 0 radical (unpaired) electrons. The number of benzene rings is 1. The molecule has 2 rings (SSSR count). The van der Waals surface area contributed by atoms with Crippen LogP contribution in [0.5, 0.6) is 0 Å². The summed E-state index contributed by atoms with van der Waals surface area (Å²) in [5.74, 6) is -0.899. The maximum Gasteiger partial charge on any atom is 0.337 e. The number of hydrogen-bond acceptors (Lipinski definition) is 2. The summed E-state index contributed by atoms with van der Waals surface area (Å²) >= 11 is 0. The van der Waals surface area contributed by atoms with Crippen molar-refractivity contribution in [3.63, 3.8) is 0 Å². The van der Waals surface area contributed by atoms with Gasteiger partial charge in [0.05, 0.1) is 11.1 Å². The first kappa shape index (κ1) is 13.6. The molecule has 0 fully saturated rings. The van der Waals surface area contributed by atoms with Crippen molar-refractivity contribution in [1.29, 1.82) is 0 Å². The molecule has 0 atom stereocenters. The van der Waals surface area contributed by atoms with Gasteiger partial charge in [-0.05, 0) is 43.5 Å². The largest absolute Gasteiger partial charge is 0.478 e. The zero-order chi connectivity index (χ0) is 14.0. The van der Waals surface area contributed by atoms with Crippen LogP contribution in [-0.4, -0.2) is 27.4 Å². The van der Waals surface area contributed by atoms with E-state index in [4.69, 9.17) is 5.11 Å². The number of aromatic nitrogens is 1. The van der Waals surface area contributed by atoms with Crippen LogP contribution in [0.2, 0.25) is 0 Å². The maximum absolute atomic E-state index is 11.5. The summed E-state index contributed by atoms with van der Waals surface area (Å²) in [5.41, 5.74) is 3.17. The van der Waals surface area contributed by atoms with Crippen molar-refractivity contribution in [2.45, 2.75) is 33.2 Å². The predicted molar refractivity (Wildman–Crippen MR) is 74.7 cm³/mol. The molecule has 0 amide bonds. The first-order valence-corrected chi connectivity index (χ1v) is 6.55. The first-order valence-electron chi connectivity index (χ1n) is 6.55. The second kappa shape index (κ2) is 5.45. The van der Waals surface area contributed by atoms with E-state index in [1.807, 2.05) is 30.5 Å². The van der Waals surface area contributed by atoms with Crippen LogP contribution in [0, 0.1) is 6.92 Å². The number of nitrogens with zero attached hydrogens (tertiary/aromatic N) is 1. The molecular weight excluding hydrogens is 242 g/mol. The lowest BCUT2D eigenvalue weighted by molar-refractivity contribution is 0.0698. The normalized spacial score (nSPS) is 11.1. The second-order valence-corrected chi connectivity index (χ2v) is 4.75. The fourth-order valence-corrected chi connectivity index (χ4v) is 2.49. The summed E-state index contributed by atoms with van der Waals surface area (Å²) in [6.07, 6.45) is 1.44. The van der Waals surface area contributed by atoms with E-state index >= 15 is 0 Å². The Morgan fingerprint density at radius 2 is 2.05 bits per heavy atom. The highest BCUT2D eigenvalue weighted by molar-refractivity contribution is 6.03. The number of aromatic carboxylic acids is 1. The fourth-order valence-electron chi connectivity index (χ4n) is 2.49. The molecule has 19 heavy (non-hydrogen) atoms. The van der Waals surface area contributed by atoms with E-state index < -0.39 is 5.97 Å². The van der Waals surface area contributed by atoms with Crippen molar-refractivity contribution in [3.8, 4) is 0 Å². The van der Waals surface area contributed by atoms with Gasteiger partial charge in [0, 0.05) is 24.2 Å². The molecule has 0 aliphatic rings. The van der Waals surface area contributed by atoms with Crippen LogP contribution >= 0.6 is 0 Å². The quantitative estimate of drug-likeness (QED) is 0.869. The zero-order valence-electron chi connectivity index (χ0n) is 11.3. The van der Waals surface area contributed by atoms with E-state index in [0.29, 0.717) is 18.5 Å². The number of aryl methyl sites for hydroxylation is 3. The van der Waals surface area contributed by atoms with Gasteiger partial charge in [-0.1, -0.05) is 6.92 Å². The first-order chi connectivity index (χ1) is 9.08. The van der Waals surface area contributed by atoms with Crippen LogP contribution < -0.4 is 0 Å². The van der Waals surface area contributed by atoms with Crippen LogP contribution in [0.1, 0.15) is 35.0 Å². The third-order valence-corrected chi connectivity index (χ3v) is 3.44. The third kappa shape index (κ3) is 2.49. The Hall–Kier alpha value is -1.81. The van der Waals surface area contributed by atoms with Gasteiger partial charge in [-0.15, -0.1) is 0 Å². The minimum Gasteiger partial charge on any atom is -0.478 e. The molecule has 4 heteroatoms. The number of hydrogen-bond donors (Lipinski definition) is 2. The number of carboxylic acid groups (broad SMARTS) is 1. The van der Waals surface area contributed by atoms with Gasteiger partial charge in [-0.2, -0.15) is 0 Å². The molecule has 4 nitrogen and oxygen atoms in total. The average molecular weight is 261 g/mol. The Labute approximate surface area is 112 Å². The van der Waals surface area contributed by atoms with E-state index in [9.17, 15) is 9.90 Å². The van der Waals surface area contributed by atoms with Crippen LogP contribution in [0.4, 0.5) is 0 Å². The molecule has 0 bridgehead atoms. The lowest BCUT2D eigenvalue weighted by atomic mass is 10.0. The van der Waals surface area contributed by atoms with Gasteiger partial charge in [-0.3, -0.25) is 0 Å². The Morgan fingerprint density at radius 3 is 2.63 bits per heavy atom. The molecule has 0 aliphatic heterocycles. The van der Waals surface area contributed by atoms with Gasteiger partial charge in [0.15, 0.2) is 0 Å². The average Bonchev–Trinajstić information content (AvgIpc) is 2.70. The summed E-state index contributed by atoms with van der Waals surface area (Å²) in [4.78, 5) is 11.5. The van der Waals surface area contributed by atoms with Crippen molar-refractivity contribution < 1.29 is 15.0 Å². The van der Waals surface area contributed by atoms with E-state index in [-0.39, 0.29) is 6.61 Å². The van der Waals surface area contributed by atoms with Crippen LogP contribution in [0.3, 0.4) is 0 Å². The summed E-state index contributed by atoms with van der Waals surface area (Å²) in [5, 5.41) is 19.3. The highest BCUT2D eigenvalue weighted by atomic mass is 16.4. The van der Waals surface area contributed by atoms with Crippen LogP contribution in [-0.2, 0) is 13.0 Å². The van der Waals surface area contributed by atoms with E-state index in [1.54, 1.807) is 6.07 Å². The monoisotopic (exact) mass is 261 g/mol. The fraction of sp³-hybridized carbons (Fsp3) is 0.400. The molecule has 0 aliphatic carbocycles. The standard InChI is InChI=1S/C15H19NO3/c1-3-11-8-12-7-10(2)16(5-4-6-17)14(12)13(9-11)15(18)19/h7-9,17H,3-6H2,1-2H3,(H,18,19). The summed E-state index contributed by atoms with van der Waals surface area (Å²) < 4.78 is 1.98. The van der Waals surface area contributed by atoms with Crippen molar-refractivity contribution >= 4 is 16.9 Å². The van der Waals surface area contributed by atoms with E-state index in [1.165, 1.54) is 0 Å². The Bertz CT molecular complexity index is 613. The number of carboxylic acids is 1. The minimum atomic E-state index is -0.899. The van der Waals surface area contributed by atoms with Gasteiger partial charge >= 0.3 is 5.97 Å². The van der Waals surface area contributed by atoms with Crippen molar-refractivity contribution in [1.82, 2.24) is 4.57 Å². The van der Waals surface area contributed by atoms with Gasteiger partial charge in [0.1, 0.15) is 0 Å². The highest BCUT2D eigenvalue weighted by Gasteiger charge is 2.15. The molecule has 2 aromatic rings. The van der Waals surface area contributed by atoms with Crippen molar-refractivity contribution in [3.05, 3.63) is 35.0 Å². The molecular formula is C15H19NO3. The van der Waals surface area contributed by atoms with E-state index in [2.05, 4.69) is 0 Å². The molecule has 0 saturated carbocycles. The summed E-state index contributed by atoms with van der Waals surface area (Å²) in [7, 11) is 0. The molecule has 2 N–H and O–H groups in total. The lowest BCUT2D eigenvalue weighted by Crippen LogP contribution is -2.07. The Balaban J connectivity index is 2.69. The number of fused-ring (bicyclic) bond motifs is 1. The van der Waals surface area contributed by atoms with Crippen molar-refractivity contribution in [2.24, 2.45) is 0 Å². The molecule has 1 heterocycles. The Kier molecular flexibility index (Phi) is 3.90. The molecule has 0 spiro atoms. The molecule has 0 saturated heterocycles. The number of aliphatic hydroxyl groups excluding tert-OH is 1. The molecule has 102 valence electrons. The Morgan fingerprint density at radius 1 is 1.32 bits per heavy atom. The zero-order valence-corrected chi connectivity index (χ0v) is 11.3. The van der Waals surface area contributed by atoms with Gasteiger partial charge in [0.2, 0.25) is 0 Å². The topological polar surface area (TPSA) is 62.5 Å². The van der Waals surface area contributed by atoms with Crippen LogP contribution in [0.15, 0.2) is 18.2 Å². The third-order valence-electron chi connectivity index (χ3n) is 3.44. The number of rotatable bonds is 5. The van der Waals surface area contributed by atoms with E-state index in [0.717, 1.165) is 28.6 Å². The van der Waals surface area contributed by atoms with Crippen LogP contribution in [0.25, 0.3) is 10.9 Å². The second-order valence-electron chi connectivity index (χ2n) is 4.75. The molecule has 1 aromatic heterocycles. The predicted octanol–water partition coefficient (Wildman–Crippen LogP) is 2.59. The van der Waals surface area contributed by atoms with Crippen molar-refractivity contribution in [2.75, 3.05) is 6.61 Å². The SMILES string of the molecule is CCc1cc(C(=O)O)c2c(c1)cc(C)n2CCCO. The molecule has 1 aromatic carbocycles. The highest BCUT2D eigenvalue weighted by Crippen LogP contribution is 2.26. The molecule has 0 unspecified atom stereocenters. The maximum atomic E-state index is 11.5. The van der Waals surface area contributed by atoms with Gasteiger partial charge < -0.3 is 14.8 Å². The summed E-state index contributed by atoms with van der Waals surface area (Å²) in [6, 6.07) is 5.81.